The monoisotopic (exact) mass is 1240 g/mol. The first kappa shape index (κ1) is 81.5. The van der Waals surface area contributed by atoms with Crippen molar-refractivity contribution in [2.75, 3.05) is 39.6 Å². The minimum absolute atomic E-state index is 0.0846. The van der Waals surface area contributed by atoms with Crippen molar-refractivity contribution in [3.63, 3.8) is 0 Å². The van der Waals surface area contributed by atoms with Gasteiger partial charge in [-0.25, -0.2) is 9.13 Å². The zero-order valence-electron chi connectivity index (χ0n) is 53.5. The maximum atomic E-state index is 13.0. The van der Waals surface area contributed by atoms with Gasteiger partial charge in [-0.3, -0.25) is 37.3 Å². The van der Waals surface area contributed by atoms with Crippen LogP contribution in [-0.4, -0.2) is 96.7 Å². The predicted molar refractivity (Wildman–Crippen MR) is 335 cm³/mol. The highest BCUT2D eigenvalue weighted by Crippen LogP contribution is 2.45. The first-order chi connectivity index (χ1) is 40.5. The van der Waals surface area contributed by atoms with E-state index >= 15 is 0 Å². The fourth-order valence-corrected chi connectivity index (χ4v) is 10.8. The summed E-state index contributed by atoms with van der Waals surface area (Å²) in [5.41, 5.74) is 0. The number of aliphatic hydroxyl groups is 1. The third-order valence-corrected chi connectivity index (χ3v) is 16.3. The third-order valence-electron chi connectivity index (χ3n) is 14.4. The van der Waals surface area contributed by atoms with Gasteiger partial charge in [0.1, 0.15) is 19.3 Å². The Morgan fingerprint density at radius 1 is 0.369 bits per heavy atom. The number of allylic oxidation sites excluding steroid dienone is 4. The lowest BCUT2D eigenvalue weighted by atomic mass is 10.0. The molecule has 0 aromatic carbocycles. The lowest BCUT2D eigenvalue weighted by molar-refractivity contribution is -0.161. The largest absolute Gasteiger partial charge is 0.472 e. The summed E-state index contributed by atoms with van der Waals surface area (Å²) in [7, 11) is -9.89. The summed E-state index contributed by atoms with van der Waals surface area (Å²) in [6, 6.07) is 0. The molecule has 0 amide bonds. The van der Waals surface area contributed by atoms with Gasteiger partial charge in [-0.05, 0) is 57.3 Å². The number of carbonyl (C=O) groups is 4. The van der Waals surface area contributed by atoms with Gasteiger partial charge in [0, 0.05) is 25.7 Å². The van der Waals surface area contributed by atoms with Gasteiger partial charge in [-0.2, -0.15) is 0 Å². The van der Waals surface area contributed by atoms with E-state index in [1.54, 1.807) is 0 Å². The fraction of sp³-hybridized carbons (Fsp3) is 0.877. The highest BCUT2D eigenvalue weighted by molar-refractivity contribution is 7.47. The Morgan fingerprint density at radius 3 is 0.976 bits per heavy atom. The number of carbonyl (C=O) groups excluding carboxylic acids is 4. The molecule has 17 nitrogen and oxygen atoms in total. The highest BCUT2D eigenvalue weighted by atomic mass is 31.2. The van der Waals surface area contributed by atoms with Crippen LogP contribution in [0.3, 0.4) is 0 Å². The number of ether oxygens (including phenoxy) is 4. The second-order valence-corrected chi connectivity index (χ2v) is 26.2. The van der Waals surface area contributed by atoms with Crippen LogP contribution in [0.5, 0.6) is 0 Å². The van der Waals surface area contributed by atoms with Gasteiger partial charge in [0.15, 0.2) is 12.2 Å². The SMILES string of the molecule is CCCCCC/C=C\C=C/CCCCCCCC(=O)O[C@H](COC(=O)CCCCCCCCCCCC(C)C)COP(=O)(O)OC[C@@H](O)COP(=O)(O)OC[C@@H](COC(=O)CCCCCCC)OC(=O)CCCCCCCCCCCCCC. The predicted octanol–water partition coefficient (Wildman–Crippen LogP) is 17.7. The van der Waals surface area contributed by atoms with Crippen molar-refractivity contribution >= 4 is 39.5 Å². The van der Waals surface area contributed by atoms with Crippen LogP contribution in [0, 0.1) is 5.92 Å². The maximum absolute atomic E-state index is 13.0. The van der Waals surface area contributed by atoms with Gasteiger partial charge < -0.3 is 33.8 Å². The number of hydrogen-bond donors (Lipinski definition) is 3. The standard InChI is InChI=1S/C65H122O17P2/c1-6-9-12-15-17-19-21-23-24-25-27-31-36-41-46-51-65(70)82-61(55-76-63(68)49-44-39-34-32-28-29-33-38-42-47-58(4)5)57-80-84(73,74)78-53-59(66)52-77-83(71,72)79-56-60(54-75-62(67)48-43-37-14-11-8-3)81-64(69)50-45-40-35-30-26-22-20-18-16-13-10-7-2/h19,21,23-24,58-61,66H,6-18,20,22,25-57H2,1-5H3,(H,71,72)(H,73,74)/b21-19-,24-23-/t59-,60+,61+/m0/s1. The number of aliphatic hydroxyl groups excluding tert-OH is 1. The van der Waals surface area contributed by atoms with E-state index in [1.165, 1.54) is 109 Å². The number of phosphoric acid groups is 2. The Morgan fingerprint density at radius 2 is 0.643 bits per heavy atom. The topological polar surface area (TPSA) is 237 Å². The summed E-state index contributed by atoms with van der Waals surface area (Å²) < 4.78 is 67.8. The van der Waals surface area contributed by atoms with Crippen LogP contribution in [-0.2, 0) is 65.4 Å². The van der Waals surface area contributed by atoms with E-state index in [0.29, 0.717) is 25.7 Å². The molecule has 0 aliphatic carbocycles. The zero-order valence-corrected chi connectivity index (χ0v) is 55.3. The normalized spacial score (nSPS) is 14.4. The lowest BCUT2D eigenvalue weighted by Gasteiger charge is -2.21. The molecule has 0 aliphatic heterocycles. The van der Waals surface area contributed by atoms with Crippen molar-refractivity contribution in [2.45, 2.75) is 323 Å². The summed E-state index contributed by atoms with van der Waals surface area (Å²) in [6.45, 7) is 7.03. The molecule has 0 aliphatic rings. The summed E-state index contributed by atoms with van der Waals surface area (Å²) >= 11 is 0. The van der Waals surface area contributed by atoms with Crippen molar-refractivity contribution in [2.24, 2.45) is 5.92 Å². The van der Waals surface area contributed by atoms with E-state index in [4.69, 9.17) is 37.0 Å². The molecule has 0 spiro atoms. The Kier molecular flexibility index (Phi) is 56.5. The molecule has 0 fully saturated rings. The van der Waals surface area contributed by atoms with Gasteiger partial charge in [0.2, 0.25) is 0 Å². The Bertz CT molecular complexity index is 1730. The van der Waals surface area contributed by atoms with E-state index in [1.807, 2.05) is 0 Å². The van der Waals surface area contributed by atoms with Crippen molar-refractivity contribution < 1.29 is 80.2 Å². The quantitative estimate of drug-likeness (QED) is 0.0169. The van der Waals surface area contributed by atoms with Crippen LogP contribution in [0.4, 0.5) is 0 Å². The van der Waals surface area contributed by atoms with Crippen molar-refractivity contribution in [3.05, 3.63) is 24.3 Å². The first-order valence-corrected chi connectivity index (χ1v) is 36.4. The molecule has 494 valence electrons. The van der Waals surface area contributed by atoms with Gasteiger partial charge in [-0.15, -0.1) is 0 Å². The van der Waals surface area contributed by atoms with E-state index in [-0.39, 0.29) is 25.7 Å². The van der Waals surface area contributed by atoms with Crippen molar-refractivity contribution in [1.82, 2.24) is 0 Å². The summed E-state index contributed by atoms with van der Waals surface area (Å²) in [4.78, 5) is 72.0. The zero-order chi connectivity index (χ0) is 62.0. The van der Waals surface area contributed by atoms with Crippen LogP contribution >= 0.6 is 15.6 Å². The average Bonchev–Trinajstić information content (AvgIpc) is 3.60. The Labute approximate surface area is 510 Å². The molecule has 0 bridgehead atoms. The molecule has 2 unspecified atom stereocenters. The maximum Gasteiger partial charge on any atom is 0.472 e. The molecule has 5 atom stereocenters. The van der Waals surface area contributed by atoms with Gasteiger partial charge in [0.25, 0.3) is 0 Å². The number of hydrogen-bond acceptors (Lipinski definition) is 15. The Balaban J connectivity index is 5.21. The fourth-order valence-electron chi connectivity index (χ4n) is 9.22. The molecule has 0 radical (unpaired) electrons. The molecule has 84 heavy (non-hydrogen) atoms. The molecule has 0 heterocycles. The molecule has 0 saturated carbocycles. The molecule has 3 N–H and O–H groups in total. The molecule has 0 saturated heterocycles. The van der Waals surface area contributed by atoms with Crippen LogP contribution in [0.1, 0.15) is 304 Å². The minimum atomic E-state index is -4.95. The summed E-state index contributed by atoms with van der Waals surface area (Å²) in [5.74, 6) is -1.43. The van der Waals surface area contributed by atoms with E-state index in [9.17, 15) is 43.2 Å². The summed E-state index contributed by atoms with van der Waals surface area (Å²) in [6.07, 6.45) is 45.6. The second-order valence-electron chi connectivity index (χ2n) is 23.3. The highest BCUT2D eigenvalue weighted by Gasteiger charge is 2.30. The number of unbranched alkanes of at least 4 members (excludes halogenated alkanes) is 32. The van der Waals surface area contributed by atoms with Gasteiger partial charge in [-0.1, -0.05) is 252 Å². The molecular formula is C65H122O17P2. The van der Waals surface area contributed by atoms with Crippen LogP contribution in [0.2, 0.25) is 0 Å². The van der Waals surface area contributed by atoms with Crippen LogP contribution in [0.15, 0.2) is 24.3 Å². The van der Waals surface area contributed by atoms with Gasteiger partial charge in [0.05, 0.1) is 26.4 Å². The molecule has 19 heteroatoms. The number of esters is 4. The van der Waals surface area contributed by atoms with E-state index in [0.717, 1.165) is 115 Å². The van der Waals surface area contributed by atoms with Crippen LogP contribution < -0.4 is 0 Å². The van der Waals surface area contributed by atoms with Gasteiger partial charge >= 0.3 is 39.5 Å². The summed E-state index contributed by atoms with van der Waals surface area (Å²) in [5, 5.41) is 10.5. The average molecular weight is 1240 g/mol. The number of rotatable bonds is 63. The van der Waals surface area contributed by atoms with E-state index < -0.39 is 97.5 Å². The number of phosphoric ester groups is 2. The first-order valence-electron chi connectivity index (χ1n) is 33.5. The lowest BCUT2D eigenvalue weighted by Crippen LogP contribution is -2.30. The second kappa shape index (κ2) is 58.2. The van der Waals surface area contributed by atoms with Crippen molar-refractivity contribution in [1.29, 1.82) is 0 Å². The third kappa shape index (κ3) is 58.6. The Hall–Kier alpha value is -2.46. The molecule has 0 aromatic rings. The minimum Gasteiger partial charge on any atom is -0.462 e. The van der Waals surface area contributed by atoms with Crippen LogP contribution in [0.25, 0.3) is 0 Å². The molecule has 0 rings (SSSR count). The smallest absolute Gasteiger partial charge is 0.462 e. The van der Waals surface area contributed by atoms with E-state index in [2.05, 4.69) is 58.9 Å². The van der Waals surface area contributed by atoms with Crippen molar-refractivity contribution in [3.8, 4) is 0 Å². The molecular weight excluding hydrogens is 1110 g/mol. The molecule has 0 aromatic heterocycles.